The van der Waals surface area contributed by atoms with E-state index in [1.54, 1.807) is 13.2 Å². The molecule has 4 nitrogen and oxygen atoms in total. The Morgan fingerprint density at radius 2 is 2.40 bits per heavy atom. The average Bonchev–Trinajstić information content (AvgIpc) is 2.67. The van der Waals surface area contributed by atoms with Gasteiger partial charge in [-0.05, 0) is 33.4 Å². The van der Waals surface area contributed by atoms with E-state index in [1.807, 2.05) is 0 Å². The first kappa shape index (κ1) is 10.6. The second kappa shape index (κ2) is 4.33. The zero-order valence-electron chi connectivity index (χ0n) is 9.31. The summed E-state index contributed by atoms with van der Waals surface area (Å²) >= 11 is 0. The molecule has 15 heavy (non-hydrogen) atoms. The molecule has 1 aromatic heterocycles. The lowest BCUT2D eigenvalue weighted by atomic mass is 10.0. The van der Waals surface area contributed by atoms with E-state index >= 15 is 0 Å². The third-order valence-corrected chi connectivity index (χ3v) is 3.02. The van der Waals surface area contributed by atoms with Gasteiger partial charge >= 0.3 is 0 Å². The Balaban J connectivity index is 2.13. The molecule has 1 N–H and O–H groups in total. The van der Waals surface area contributed by atoms with Gasteiger partial charge in [-0.1, -0.05) is 6.42 Å². The number of aliphatic hydroxyl groups is 1. The Bertz CT molecular complexity index is 322. The lowest BCUT2D eigenvalue weighted by Crippen LogP contribution is -2.29. The number of rotatable bonds is 2. The summed E-state index contributed by atoms with van der Waals surface area (Å²) in [5.41, 5.74) is 0.629. The van der Waals surface area contributed by atoms with Crippen LogP contribution in [0.5, 0.6) is 0 Å². The average molecular weight is 210 g/mol. The van der Waals surface area contributed by atoms with Gasteiger partial charge in [-0.25, -0.2) is 4.98 Å². The van der Waals surface area contributed by atoms with E-state index in [4.69, 9.17) is 4.42 Å². The lowest BCUT2D eigenvalue weighted by molar-refractivity contribution is 0.158. The van der Waals surface area contributed by atoms with Crippen molar-refractivity contribution in [3.05, 3.63) is 17.8 Å². The molecule has 1 fully saturated rings. The van der Waals surface area contributed by atoms with Crippen molar-refractivity contribution >= 4 is 0 Å². The molecular weight excluding hydrogens is 192 g/mol. The Morgan fingerprint density at radius 1 is 1.60 bits per heavy atom. The normalized spacial score (nSPS) is 25.4. The SMILES string of the molecule is CC(O)c1coc(C2CCCCN2C)n1. The molecule has 2 rings (SSSR count). The van der Waals surface area contributed by atoms with E-state index in [0.29, 0.717) is 5.69 Å². The predicted octanol–water partition coefficient (Wildman–Crippen LogP) is 1.88. The van der Waals surface area contributed by atoms with Crippen molar-refractivity contribution in [2.45, 2.75) is 38.3 Å². The van der Waals surface area contributed by atoms with Crippen LogP contribution in [0, 0.1) is 0 Å². The number of aliphatic hydroxyl groups excluding tert-OH is 1. The first-order valence-corrected chi connectivity index (χ1v) is 5.52. The number of oxazole rings is 1. The van der Waals surface area contributed by atoms with Gasteiger partial charge in [-0.3, -0.25) is 4.90 Å². The maximum atomic E-state index is 9.37. The summed E-state index contributed by atoms with van der Waals surface area (Å²) in [4.78, 5) is 6.59. The number of piperidine rings is 1. The van der Waals surface area contributed by atoms with Crippen LogP contribution in [0.4, 0.5) is 0 Å². The van der Waals surface area contributed by atoms with Crippen LogP contribution >= 0.6 is 0 Å². The van der Waals surface area contributed by atoms with Gasteiger partial charge in [0.1, 0.15) is 12.0 Å². The highest BCUT2D eigenvalue weighted by Crippen LogP contribution is 2.29. The molecule has 84 valence electrons. The van der Waals surface area contributed by atoms with Crippen LogP contribution in [0.2, 0.25) is 0 Å². The molecule has 2 unspecified atom stereocenters. The van der Waals surface area contributed by atoms with Gasteiger partial charge in [0.15, 0.2) is 0 Å². The Hall–Kier alpha value is -0.870. The van der Waals surface area contributed by atoms with Gasteiger partial charge in [0.25, 0.3) is 0 Å². The fourth-order valence-electron chi connectivity index (χ4n) is 2.03. The molecule has 0 amide bonds. The Labute approximate surface area is 89.9 Å². The molecule has 1 aliphatic rings. The summed E-state index contributed by atoms with van der Waals surface area (Å²) in [5, 5.41) is 9.37. The fourth-order valence-corrected chi connectivity index (χ4v) is 2.03. The van der Waals surface area contributed by atoms with Crippen molar-refractivity contribution in [1.82, 2.24) is 9.88 Å². The van der Waals surface area contributed by atoms with Crippen LogP contribution in [-0.2, 0) is 0 Å². The van der Waals surface area contributed by atoms with Gasteiger partial charge in [-0.2, -0.15) is 0 Å². The standard InChI is InChI=1S/C11H18N2O2/c1-8(14)9-7-15-11(12-9)10-5-3-4-6-13(10)2/h7-8,10,14H,3-6H2,1-2H3. The highest BCUT2D eigenvalue weighted by atomic mass is 16.3. The Kier molecular flexibility index (Phi) is 3.07. The molecule has 0 radical (unpaired) electrons. The fraction of sp³-hybridized carbons (Fsp3) is 0.727. The van der Waals surface area contributed by atoms with Crippen LogP contribution in [0.3, 0.4) is 0 Å². The molecule has 0 aliphatic carbocycles. The van der Waals surface area contributed by atoms with Crippen molar-refractivity contribution < 1.29 is 9.52 Å². The molecule has 1 aromatic rings. The lowest BCUT2D eigenvalue weighted by Gasteiger charge is -2.29. The number of nitrogens with zero attached hydrogens (tertiary/aromatic N) is 2. The summed E-state index contributed by atoms with van der Waals surface area (Å²) < 4.78 is 5.42. The van der Waals surface area contributed by atoms with Crippen LogP contribution in [0.25, 0.3) is 0 Å². The number of likely N-dealkylation sites (tertiary alicyclic amines) is 1. The van der Waals surface area contributed by atoms with Crippen LogP contribution in [0.15, 0.2) is 10.7 Å². The third kappa shape index (κ3) is 2.21. The van der Waals surface area contributed by atoms with Gasteiger partial charge in [0, 0.05) is 0 Å². The van der Waals surface area contributed by atoms with Gasteiger partial charge in [0.2, 0.25) is 5.89 Å². The van der Waals surface area contributed by atoms with Crippen molar-refractivity contribution in [3.8, 4) is 0 Å². The van der Waals surface area contributed by atoms with E-state index in [1.165, 1.54) is 12.8 Å². The summed E-state index contributed by atoms with van der Waals surface area (Å²) in [6.07, 6.45) is 4.58. The molecule has 0 saturated carbocycles. The van der Waals surface area contributed by atoms with Crippen LogP contribution in [0.1, 0.15) is 49.9 Å². The smallest absolute Gasteiger partial charge is 0.211 e. The van der Waals surface area contributed by atoms with E-state index in [9.17, 15) is 5.11 Å². The number of hydrogen-bond donors (Lipinski definition) is 1. The minimum absolute atomic E-state index is 0.284. The molecular formula is C11H18N2O2. The largest absolute Gasteiger partial charge is 0.447 e. The maximum absolute atomic E-state index is 9.37. The van der Waals surface area contributed by atoms with Crippen LogP contribution < -0.4 is 0 Å². The molecule has 2 atom stereocenters. The minimum atomic E-state index is -0.545. The predicted molar refractivity (Wildman–Crippen MR) is 56.4 cm³/mol. The van der Waals surface area contributed by atoms with E-state index < -0.39 is 6.10 Å². The highest BCUT2D eigenvalue weighted by molar-refractivity contribution is 5.03. The van der Waals surface area contributed by atoms with Gasteiger partial charge in [0.05, 0.1) is 12.1 Å². The highest BCUT2D eigenvalue weighted by Gasteiger charge is 2.25. The van der Waals surface area contributed by atoms with Crippen molar-refractivity contribution in [2.24, 2.45) is 0 Å². The number of hydrogen-bond acceptors (Lipinski definition) is 4. The molecule has 1 aliphatic heterocycles. The zero-order valence-corrected chi connectivity index (χ0v) is 9.31. The van der Waals surface area contributed by atoms with Gasteiger partial charge in [-0.15, -0.1) is 0 Å². The van der Waals surface area contributed by atoms with E-state index in [0.717, 1.165) is 18.9 Å². The Morgan fingerprint density at radius 3 is 3.00 bits per heavy atom. The molecule has 4 heteroatoms. The zero-order chi connectivity index (χ0) is 10.8. The summed E-state index contributed by atoms with van der Waals surface area (Å²) in [6.45, 7) is 2.79. The second-order valence-corrected chi connectivity index (χ2v) is 4.28. The first-order valence-electron chi connectivity index (χ1n) is 5.52. The topological polar surface area (TPSA) is 49.5 Å². The molecule has 0 bridgehead atoms. The maximum Gasteiger partial charge on any atom is 0.211 e. The first-order chi connectivity index (χ1) is 7.18. The van der Waals surface area contributed by atoms with E-state index in [-0.39, 0.29) is 6.04 Å². The molecule has 0 aromatic carbocycles. The van der Waals surface area contributed by atoms with E-state index in [2.05, 4.69) is 16.9 Å². The summed E-state index contributed by atoms with van der Waals surface area (Å²) in [5.74, 6) is 0.744. The minimum Gasteiger partial charge on any atom is -0.447 e. The molecule has 0 spiro atoms. The van der Waals surface area contributed by atoms with Crippen molar-refractivity contribution in [3.63, 3.8) is 0 Å². The second-order valence-electron chi connectivity index (χ2n) is 4.28. The number of aromatic nitrogens is 1. The van der Waals surface area contributed by atoms with Crippen molar-refractivity contribution in [1.29, 1.82) is 0 Å². The molecule has 2 heterocycles. The van der Waals surface area contributed by atoms with Gasteiger partial charge < -0.3 is 9.52 Å². The third-order valence-electron chi connectivity index (χ3n) is 3.02. The summed E-state index contributed by atoms with van der Waals surface area (Å²) in [7, 11) is 2.09. The van der Waals surface area contributed by atoms with Crippen molar-refractivity contribution in [2.75, 3.05) is 13.6 Å². The monoisotopic (exact) mass is 210 g/mol. The molecule has 1 saturated heterocycles. The van der Waals surface area contributed by atoms with Crippen LogP contribution in [-0.4, -0.2) is 28.6 Å². The quantitative estimate of drug-likeness (QED) is 0.809. The summed E-state index contributed by atoms with van der Waals surface area (Å²) in [6, 6.07) is 0.284.